The number of benzene rings is 2. The van der Waals surface area contributed by atoms with Crippen molar-refractivity contribution in [1.29, 1.82) is 0 Å². The molecule has 1 unspecified atom stereocenters. The fraction of sp³-hybridized carbons (Fsp3) is 0.435. The van der Waals surface area contributed by atoms with Crippen molar-refractivity contribution in [3.05, 3.63) is 54.1 Å². The number of amides is 1. The van der Waals surface area contributed by atoms with Crippen LogP contribution in [0.5, 0.6) is 5.75 Å². The number of aryl methyl sites for hydroxylation is 1. The van der Waals surface area contributed by atoms with E-state index in [1.165, 1.54) is 11.3 Å². The van der Waals surface area contributed by atoms with E-state index < -0.39 is 0 Å². The zero-order valence-electron chi connectivity index (χ0n) is 17.1. The number of methoxy groups -OCH3 is 1. The van der Waals surface area contributed by atoms with Crippen molar-refractivity contribution < 1.29 is 9.53 Å². The van der Waals surface area contributed by atoms with Crippen molar-refractivity contribution in [2.45, 2.75) is 32.7 Å². The first-order valence-electron chi connectivity index (χ1n) is 10.1. The van der Waals surface area contributed by atoms with E-state index in [9.17, 15) is 4.79 Å². The highest BCUT2D eigenvalue weighted by molar-refractivity contribution is 5.94. The molecule has 1 atom stereocenters. The molecule has 1 saturated heterocycles. The Labute approximate surface area is 168 Å². The molecule has 0 aromatic heterocycles. The van der Waals surface area contributed by atoms with Gasteiger partial charge in [0.05, 0.1) is 13.2 Å². The van der Waals surface area contributed by atoms with Crippen molar-refractivity contribution in [1.82, 2.24) is 4.90 Å². The van der Waals surface area contributed by atoms with Crippen LogP contribution >= 0.6 is 0 Å². The molecule has 1 fully saturated rings. The van der Waals surface area contributed by atoms with Gasteiger partial charge < -0.3 is 15.0 Å². The van der Waals surface area contributed by atoms with Gasteiger partial charge in [0, 0.05) is 37.6 Å². The lowest BCUT2D eigenvalue weighted by molar-refractivity contribution is -0.120. The molecule has 0 bridgehead atoms. The van der Waals surface area contributed by atoms with E-state index in [-0.39, 0.29) is 11.9 Å². The van der Waals surface area contributed by atoms with Gasteiger partial charge in [-0.05, 0) is 61.7 Å². The van der Waals surface area contributed by atoms with E-state index in [1.54, 1.807) is 7.11 Å². The number of nitrogens with zero attached hydrogens (tertiary/aromatic N) is 2. The van der Waals surface area contributed by atoms with Gasteiger partial charge in [0.15, 0.2) is 0 Å². The number of anilines is 2. The van der Waals surface area contributed by atoms with Gasteiger partial charge in [-0.2, -0.15) is 0 Å². The Morgan fingerprint density at radius 1 is 1.04 bits per heavy atom. The van der Waals surface area contributed by atoms with Crippen LogP contribution in [0.3, 0.4) is 0 Å². The maximum Gasteiger partial charge on any atom is 0.241 e. The molecule has 5 heteroatoms. The van der Waals surface area contributed by atoms with E-state index in [4.69, 9.17) is 4.74 Å². The quantitative estimate of drug-likeness (QED) is 0.827. The Bertz CT molecular complexity index is 758. The molecule has 1 amide bonds. The van der Waals surface area contributed by atoms with Crippen LogP contribution in [0, 0.1) is 0 Å². The molecule has 5 nitrogen and oxygen atoms in total. The molecule has 1 heterocycles. The Kier molecular flexibility index (Phi) is 6.93. The summed E-state index contributed by atoms with van der Waals surface area (Å²) in [6.07, 6.45) is 2.04. The van der Waals surface area contributed by atoms with Crippen LogP contribution in [0.25, 0.3) is 0 Å². The number of carbonyl (C=O) groups is 1. The predicted octanol–water partition coefficient (Wildman–Crippen LogP) is 3.80. The van der Waals surface area contributed by atoms with Gasteiger partial charge in [0.25, 0.3) is 0 Å². The van der Waals surface area contributed by atoms with Crippen LogP contribution in [0.15, 0.2) is 48.5 Å². The molecule has 0 aliphatic carbocycles. The number of carbonyl (C=O) groups excluding carboxylic acids is 1. The molecule has 2 aromatic carbocycles. The number of ether oxygens (including phenoxy) is 1. The molecular formula is C23H31N3O2. The first-order chi connectivity index (χ1) is 13.6. The number of rotatable bonds is 6. The van der Waals surface area contributed by atoms with Gasteiger partial charge in [0.2, 0.25) is 5.91 Å². The monoisotopic (exact) mass is 381 g/mol. The van der Waals surface area contributed by atoms with Gasteiger partial charge in [-0.15, -0.1) is 0 Å². The minimum atomic E-state index is -0.151. The van der Waals surface area contributed by atoms with Crippen LogP contribution in [0.1, 0.15) is 25.8 Å². The Hall–Kier alpha value is -2.53. The summed E-state index contributed by atoms with van der Waals surface area (Å²) >= 11 is 0. The minimum absolute atomic E-state index is 0.0575. The van der Waals surface area contributed by atoms with Crippen molar-refractivity contribution in [3.8, 4) is 5.75 Å². The molecule has 0 radical (unpaired) electrons. The first kappa shape index (κ1) is 20.2. The highest BCUT2D eigenvalue weighted by Crippen LogP contribution is 2.21. The summed E-state index contributed by atoms with van der Waals surface area (Å²) in [6, 6.07) is 16.2. The van der Waals surface area contributed by atoms with Crippen molar-refractivity contribution in [3.63, 3.8) is 0 Å². The van der Waals surface area contributed by atoms with Gasteiger partial charge in [-0.3, -0.25) is 9.69 Å². The molecule has 2 aromatic rings. The zero-order valence-corrected chi connectivity index (χ0v) is 17.1. The number of hydrogen-bond acceptors (Lipinski definition) is 4. The molecule has 0 spiro atoms. The smallest absolute Gasteiger partial charge is 0.241 e. The van der Waals surface area contributed by atoms with E-state index in [0.29, 0.717) is 0 Å². The summed E-state index contributed by atoms with van der Waals surface area (Å²) in [5.41, 5.74) is 3.34. The lowest BCUT2D eigenvalue weighted by Crippen LogP contribution is -2.43. The average molecular weight is 382 g/mol. The maximum absolute atomic E-state index is 12.7. The van der Waals surface area contributed by atoms with Crippen LogP contribution in [0.4, 0.5) is 11.4 Å². The molecule has 150 valence electrons. The molecule has 1 aliphatic rings. The molecule has 0 saturated carbocycles. The summed E-state index contributed by atoms with van der Waals surface area (Å²) < 4.78 is 5.25. The molecule has 1 N–H and O–H groups in total. The topological polar surface area (TPSA) is 44.8 Å². The fourth-order valence-corrected chi connectivity index (χ4v) is 3.61. The summed E-state index contributed by atoms with van der Waals surface area (Å²) in [7, 11) is 1.68. The molecule has 3 rings (SSSR count). The van der Waals surface area contributed by atoms with Crippen molar-refractivity contribution in [2.24, 2.45) is 0 Å². The Balaban J connectivity index is 1.56. The normalized spacial score (nSPS) is 16.3. The van der Waals surface area contributed by atoms with Gasteiger partial charge in [0.1, 0.15) is 5.75 Å². The SMILES string of the molecule is CCc1ccc(NC(=O)C(C)N2CCCN(c3ccc(OC)cc3)CC2)cc1. The minimum Gasteiger partial charge on any atom is -0.497 e. The maximum atomic E-state index is 12.7. The van der Waals surface area contributed by atoms with E-state index >= 15 is 0 Å². The van der Waals surface area contributed by atoms with Gasteiger partial charge >= 0.3 is 0 Å². The third kappa shape index (κ3) is 5.04. The van der Waals surface area contributed by atoms with Crippen LogP contribution in [-0.4, -0.2) is 50.1 Å². The largest absolute Gasteiger partial charge is 0.497 e. The van der Waals surface area contributed by atoms with Crippen molar-refractivity contribution >= 4 is 17.3 Å². The standard InChI is InChI=1S/C23H31N3O2/c1-4-19-6-8-20(9-7-19)24-23(27)18(2)25-14-5-15-26(17-16-25)21-10-12-22(28-3)13-11-21/h6-13,18H,4-5,14-17H2,1-3H3,(H,24,27). The van der Waals surface area contributed by atoms with Gasteiger partial charge in [-0.25, -0.2) is 0 Å². The average Bonchev–Trinajstić information content (AvgIpc) is 3.00. The number of hydrogen-bond donors (Lipinski definition) is 1. The Morgan fingerprint density at radius 2 is 1.75 bits per heavy atom. The molecule has 28 heavy (non-hydrogen) atoms. The lowest BCUT2D eigenvalue weighted by Gasteiger charge is -2.27. The summed E-state index contributed by atoms with van der Waals surface area (Å²) in [6.45, 7) is 7.83. The first-order valence-corrected chi connectivity index (χ1v) is 10.1. The lowest BCUT2D eigenvalue weighted by atomic mass is 10.1. The predicted molar refractivity (Wildman–Crippen MR) is 115 cm³/mol. The van der Waals surface area contributed by atoms with E-state index in [0.717, 1.165) is 50.5 Å². The van der Waals surface area contributed by atoms with Crippen LogP contribution < -0.4 is 15.0 Å². The van der Waals surface area contributed by atoms with Gasteiger partial charge in [-0.1, -0.05) is 19.1 Å². The molecule has 1 aliphatic heterocycles. The van der Waals surface area contributed by atoms with E-state index in [1.807, 2.05) is 31.2 Å². The second kappa shape index (κ2) is 9.60. The summed E-state index contributed by atoms with van der Waals surface area (Å²) in [5, 5.41) is 3.06. The second-order valence-corrected chi connectivity index (χ2v) is 7.29. The van der Waals surface area contributed by atoms with E-state index in [2.05, 4.69) is 46.3 Å². The van der Waals surface area contributed by atoms with Crippen molar-refractivity contribution in [2.75, 3.05) is 43.5 Å². The third-order valence-corrected chi connectivity index (χ3v) is 5.52. The van der Waals surface area contributed by atoms with Crippen LogP contribution in [0.2, 0.25) is 0 Å². The van der Waals surface area contributed by atoms with Crippen LogP contribution in [-0.2, 0) is 11.2 Å². The highest BCUT2D eigenvalue weighted by Gasteiger charge is 2.24. The Morgan fingerprint density at radius 3 is 2.39 bits per heavy atom. The number of nitrogens with one attached hydrogen (secondary N) is 1. The highest BCUT2D eigenvalue weighted by atomic mass is 16.5. The second-order valence-electron chi connectivity index (χ2n) is 7.29. The molecular weight excluding hydrogens is 350 g/mol. The third-order valence-electron chi connectivity index (χ3n) is 5.52. The summed E-state index contributed by atoms with van der Waals surface area (Å²) in [5.74, 6) is 0.930. The fourth-order valence-electron chi connectivity index (χ4n) is 3.61. The summed E-state index contributed by atoms with van der Waals surface area (Å²) in [4.78, 5) is 17.4. The zero-order chi connectivity index (χ0) is 19.9.